The molecule has 0 bridgehead atoms. The van der Waals surface area contributed by atoms with Crippen LogP contribution in [0.3, 0.4) is 0 Å². The normalized spacial score (nSPS) is 11.7. The van der Waals surface area contributed by atoms with E-state index in [1.54, 1.807) is 18.4 Å². The standard InChI is InChI=1S/C12H17NOS/c1-4-5-6-7-11(13-2)12-8-10(14-3)9-15-12/h8-9,11,13H,6-7H2,1-3H3. The molecule has 1 unspecified atom stereocenters. The molecule has 1 atom stereocenters. The van der Waals surface area contributed by atoms with Crippen LogP contribution in [0.4, 0.5) is 0 Å². The third-order valence-corrected chi connectivity index (χ3v) is 3.28. The van der Waals surface area contributed by atoms with Crippen molar-refractivity contribution in [2.75, 3.05) is 14.2 Å². The minimum atomic E-state index is 0.389. The van der Waals surface area contributed by atoms with E-state index < -0.39 is 0 Å². The van der Waals surface area contributed by atoms with Crippen molar-refractivity contribution in [1.29, 1.82) is 0 Å². The predicted octanol–water partition coefficient (Wildman–Crippen LogP) is 2.82. The fourth-order valence-electron chi connectivity index (χ4n) is 1.39. The van der Waals surface area contributed by atoms with Gasteiger partial charge in [-0.05, 0) is 26.5 Å². The first-order valence-corrected chi connectivity index (χ1v) is 5.89. The maximum Gasteiger partial charge on any atom is 0.129 e. The van der Waals surface area contributed by atoms with Crippen molar-refractivity contribution >= 4 is 11.3 Å². The van der Waals surface area contributed by atoms with Crippen LogP contribution in [-0.2, 0) is 0 Å². The second-order valence-corrected chi connectivity index (χ2v) is 4.14. The maximum atomic E-state index is 5.17. The van der Waals surface area contributed by atoms with Gasteiger partial charge < -0.3 is 10.1 Å². The number of hydrogen-bond donors (Lipinski definition) is 1. The van der Waals surface area contributed by atoms with Crippen LogP contribution in [0.15, 0.2) is 11.4 Å². The van der Waals surface area contributed by atoms with Crippen molar-refractivity contribution < 1.29 is 4.74 Å². The highest BCUT2D eigenvalue weighted by Crippen LogP contribution is 2.28. The Morgan fingerprint density at radius 1 is 1.60 bits per heavy atom. The molecular weight excluding hydrogens is 206 g/mol. The number of methoxy groups -OCH3 is 1. The Labute approximate surface area is 95.7 Å². The molecule has 0 aromatic carbocycles. The first-order valence-electron chi connectivity index (χ1n) is 5.01. The number of thiophene rings is 1. The summed E-state index contributed by atoms with van der Waals surface area (Å²) in [6, 6.07) is 2.48. The van der Waals surface area contributed by atoms with Gasteiger partial charge in [0.05, 0.1) is 7.11 Å². The summed E-state index contributed by atoms with van der Waals surface area (Å²) < 4.78 is 5.17. The molecule has 0 fully saturated rings. The average Bonchev–Trinajstić information content (AvgIpc) is 2.73. The summed E-state index contributed by atoms with van der Waals surface area (Å²) in [6.07, 6.45) is 1.98. The quantitative estimate of drug-likeness (QED) is 0.775. The Bertz CT molecular complexity index is 348. The largest absolute Gasteiger partial charge is 0.496 e. The van der Waals surface area contributed by atoms with Crippen molar-refractivity contribution in [3.8, 4) is 17.6 Å². The van der Waals surface area contributed by atoms with Crippen molar-refractivity contribution in [2.24, 2.45) is 0 Å². The molecule has 0 saturated carbocycles. The zero-order valence-electron chi connectivity index (χ0n) is 9.46. The highest BCUT2D eigenvalue weighted by molar-refractivity contribution is 7.10. The molecule has 1 N–H and O–H groups in total. The average molecular weight is 223 g/mol. The Morgan fingerprint density at radius 3 is 2.93 bits per heavy atom. The minimum absolute atomic E-state index is 0.389. The van der Waals surface area contributed by atoms with Gasteiger partial charge in [0.1, 0.15) is 5.75 Å². The van der Waals surface area contributed by atoms with E-state index >= 15 is 0 Å². The maximum absolute atomic E-state index is 5.17. The summed E-state index contributed by atoms with van der Waals surface area (Å²) in [5.41, 5.74) is 0. The number of ether oxygens (including phenoxy) is 1. The summed E-state index contributed by atoms with van der Waals surface area (Å²) in [4.78, 5) is 1.31. The third-order valence-electron chi connectivity index (χ3n) is 2.26. The minimum Gasteiger partial charge on any atom is -0.496 e. The van der Waals surface area contributed by atoms with Crippen molar-refractivity contribution in [1.82, 2.24) is 5.32 Å². The zero-order valence-corrected chi connectivity index (χ0v) is 10.3. The highest BCUT2D eigenvalue weighted by atomic mass is 32.1. The second kappa shape index (κ2) is 6.49. The summed E-state index contributed by atoms with van der Waals surface area (Å²) >= 11 is 1.73. The number of nitrogens with one attached hydrogen (secondary N) is 1. The Kier molecular flexibility index (Phi) is 5.23. The third kappa shape index (κ3) is 3.58. The van der Waals surface area contributed by atoms with Gasteiger partial charge in [0.2, 0.25) is 0 Å². The van der Waals surface area contributed by atoms with Crippen LogP contribution in [0.5, 0.6) is 5.75 Å². The van der Waals surface area contributed by atoms with Gasteiger partial charge in [-0.15, -0.1) is 23.2 Å². The molecule has 0 aliphatic heterocycles. The van der Waals surface area contributed by atoms with Crippen LogP contribution < -0.4 is 10.1 Å². The molecule has 1 aromatic heterocycles. The summed E-state index contributed by atoms with van der Waals surface area (Å²) in [5, 5.41) is 5.33. The lowest BCUT2D eigenvalue weighted by Crippen LogP contribution is -2.14. The van der Waals surface area contributed by atoms with Crippen LogP contribution >= 0.6 is 11.3 Å². The van der Waals surface area contributed by atoms with Crippen molar-refractivity contribution in [3.63, 3.8) is 0 Å². The first-order chi connectivity index (χ1) is 7.31. The smallest absolute Gasteiger partial charge is 0.129 e. The van der Waals surface area contributed by atoms with Crippen LogP contribution in [0, 0.1) is 11.8 Å². The van der Waals surface area contributed by atoms with Crippen LogP contribution in [0.2, 0.25) is 0 Å². The van der Waals surface area contributed by atoms with Gasteiger partial charge >= 0.3 is 0 Å². The van der Waals surface area contributed by atoms with Gasteiger partial charge in [-0.25, -0.2) is 0 Å². The second-order valence-electron chi connectivity index (χ2n) is 3.20. The van der Waals surface area contributed by atoms with E-state index in [1.165, 1.54) is 4.88 Å². The van der Waals surface area contributed by atoms with Gasteiger partial charge in [-0.3, -0.25) is 0 Å². The SMILES string of the molecule is CC#CCCC(NC)c1cc(OC)cs1. The van der Waals surface area contributed by atoms with Gasteiger partial charge in [0, 0.05) is 22.7 Å². The van der Waals surface area contributed by atoms with E-state index in [-0.39, 0.29) is 0 Å². The molecule has 0 amide bonds. The summed E-state index contributed by atoms with van der Waals surface area (Å²) in [7, 11) is 3.68. The lowest BCUT2D eigenvalue weighted by Gasteiger charge is -2.12. The lowest BCUT2D eigenvalue weighted by atomic mass is 10.1. The molecule has 2 nitrogen and oxygen atoms in total. The Hall–Kier alpha value is -0.980. The Morgan fingerprint density at radius 2 is 2.40 bits per heavy atom. The van der Waals surface area contributed by atoms with Gasteiger partial charge in [-0.1, -0.05) is 0 Å². The highest BCUT2D eigenvalue weighted by Gasteiger charge is 2.11. The molecule has 82 valence electrons. The van der Waals surface area contributed by atoms with E-state index in [9.17, 15) is 0 Å². The number of hydrogen-bond acceptors (Lipinski definition) is 3. The molecule has 0 saturated heterocycles. The molecule has 0 radical (unpaired) electrons. The molecule has 15 heavy (non-hydrogen) atoms. The van der Waals surface area contributed by atoms with Gasteiger partial charge in [-0.2, -0.15) is 0 Å². The summed E-state index contributed by atoms with van der Waals surface area (Å²) in [6.45, 7) is 1.88. The van der Waals surface area contributed by atoms with Crippen LogP contribution in [0.25, 0.3) is 0 Å². The molecule has 0 aliphatic rings. The van der Waals surface area contributed by atoms with Gasteiger partial charge in [0.25, 0.3) is 0 Å². The van der Waals surface area contributed by atoms with E-state index in [0.717, 1.165) is 18.6 Å². The molecule has 0 aliphatic carbocycles. The Balaban J connectivity index is 2.59. The fourth-order valence-corrected chi connectivity index (χ4v) is 2.40. The van der Waals surface area contributed by atoms with Crippen LogP contribution in [-0.4, -0.2) is 14.2 Å². The van der Waals surface area contributed by atoms with E-state index in [2.05, 4.69) is 23.2 Å². The lowest BCUT2D eigenvalue weighted by molar-refractivity contribution is 0.415. The topological polar surface area (TPSA) is 21.3 Å². The molecule has 3 heteroatoms. The van der Waals surface area contributed by atoms with E-state index in [4.69, 9.17) is 4.74 Å². The van der Waals surface area contributed by atoms with Crippen LogP contribution in [0.1, 0.15) is 30.7 Å². The van der Waals surface area contributed by atoms with E-state index in [0.29, 0.717) is 6.04 Å². The van der Waals surface area contributed by atoms with Crippen molar-refractivity contribution in [3.05, 3.63) is 16.3 Å². The zero-order chi connectivity index (χ0) is 11.1. The predicted molar refractivity (Wildman–Crippen MR) is 65.4 cm³/mol. The molecule has 1 heterocycles. The molecule has 1 aromatic rings. The molecule has 0 spiro atoms. The first kappa shape index (κ1) is 12.1. The fraction of sp³-hybridized carbons (Fsp3) is 0.500. The molecule has 1 rings (SSSR count). The van der Waals surface area contributed by atoms with Gasteiger partial charge in [0.15, 0.2) is 0 Å². The number of rotatable bonds is 5. The molecular formula is C12H17NOS. The van der Waals surface area contributed by atoms with E-state index in [1.807, 2.05) is 19.4 Å². The summed E-state index contributed by atoms with van der Waals surface area (Å²) in [5.74, 6) is 6.94. The van der Waals surface area contributed by atoms with Crippen molar-refractivity contribution in [2.45, 2.75) is 25.8 Å². The monoisotopic (exact) mass is 223 g/mol.